The van der Waals surface area contributed by atoms with Crippen LogP contribution in [0, 0.1) is 0 Å². The molecule has 15 heavy (non-hydrogen) atoms. The van der Waals surface area contributed by atoms with Gasteiger partial charge in [-0.2, -0.15) is 8.42 Å². The quantitative estimate of drug-likeness (QED) is 0.470. The molecule has 0 unspecified atom stereocenters. The van der Waals surface area contributed by atoms with E-state index in [0.29, 0.717) is 0 Å². The number of benzene rings is 1. The molecule has 0 saturated carbocycles. The van der Waals surface area contributed by atoms with E-state index in [1.165, 1.54) is 6.07 Å². The average Bonchev–Trinajstić information content (AvgIpc) is 1.98. The molecule has 3 nitrogen and oxygen atoms in total. The zero-order valence-corrected chi connectivity index (χ0v) is 13.1. The van der Waals surface area contributed by atoms with Crippen molar-refractivity contribution in [3.63, 3.8) is 0 Å². The van der Waals surface area contributed by atoms with Crippen LogP contribution < -0.4 is 29.6 Å². The van der Waals surface area contributed by atoms with Gasteiger partial charge >= 0.3 is 29.6 Å². The van der Waals surface area contributed by atoms with Crippen molar-refractivity contribution < 1.29 is 44.0 Å². The number of hydrogen-bond donors (Lipinski definition) is 1. The SMILES string of the molecule is O=S(=O)(O)c1c(Cl)c(Cl)cc(Cl)c1Cl.[H-].[Na+]. The summed E-state index contributed by atoms with van der Waals surface area (Å²) < 4.78 is 30.5. The molecule has 0 bridgehead atoms. The topological polar surface area (TPSA) is 54.4 Å². The fraction of sp³-hybridized carbons (Fsp3) is 0. The summed E-state index contributed by atoms with van der Waals surface area (Å²) in [6.45, 7) is 0. The van der Waals surface area contributed by atoms with E-state index in [-0.39, 0.29) is 51.1 Å². The van der Waals surface area contributed by atoms with Gasteiger partial charge in [0, 0.05) is 0 Å². The van der Waals surface area contributed by atoms with Crippen LogP contribution >= 0.6 is 46.4 Å². The van der Waals surface area contributed by atoms with Crippen LogP contribution in [0.5, 0.6) is 0 Å². The van der Waals surface area contributed by atoms with Crippen molar-refractivity contribution in [1.82, 2.24) is 0 Å². The summed E-state index contributed by atoms with van der Waals surface area (Å²) in [6, 6.07) is 1.18. The van der Waals surface area contributed by atoms with Gasteiger partial charge < -0.3 is 1.43 Å². The first-order valence-corrected chi connectivity index (χ1v) is 6.01. The van der Waals surface area contributed by atoms with E-state index in [1.807, 2.05) is 0 Å². The van der Waals surface area contributed by atoms with Gasteiger partial charge in [0.25, 0.3) is 10.1 Å². The minimum Gasteiger partial charge on any atom is -1.00 e. The molecule has 1 N–H and O–H groups in total. The second-order valence-corrected chi connectivity index (χ2v) is 5.20. The van der Waals surface area contributed by atoms with Gasteiger partial charge in [-0.05, 0) is 6.07 Å². The van der Waals surface area contributed by atoms with Gasteiger partial charge in [0.1, 0.15) is 4.90 Å². The summed E-state index contributed by atoms with van der Waals surface area (Å²) in [5.74, 6) is 0. The van der Waals surface area contributed by atoms with Gasteiger partial charge in [0.2, 0.25) is 0 Å². The van der Waals surface area contributed by atoms with E-state index in [0.717, 1.165) is 0 Å². The molecule has 9 heteroatoms. The molecule has 1 aromatic carbocycles. The third-order valence-corrected chi connectivity index (χ3v) is 4.05. The number of halogens is 4. The summed E-state index contributed by atoms with van der Waals surface area (Å²) in [5, 5.41) is -0.922. The molecule has 0 aliphatic carbocycles. The maximum absolute atomic E-state index is 10.8. The average molecular weight is 320 g/mol. The van der Waals surface area contributed by atoms with Crippen LogP contribution in [0.25, 0.3) is 0 Å². The summed E-state index contributed by atoms with van der Waals surface area (Å²) in [4.78, 5) is -0.682. The van der Waals surface area contributed by atoms with Crippen LogP contribution in [0.1, 0.15) is 1.43 Å². The normalized spacial score (nSPS) is 11.0. The number of hydrogen-bond acceptors (Lipinski definition) is 2. The first-order valence-electron chi connectivity index (χ1n) is 3.05. The predicted molar refractivity (Wildman–Crippen MR) is 57.4 cm³/mol. The third-order valence-electron chi connectivity index (χ3n) is 1.33. The van der Waals surface area contributed by atoms with Gasteiger partial charge in [0.05, 0.1) is 20.1 Å². The van der Waals surface area contributed by atoms with Crippen LogP contribution in [0.4, 0.5) is 0 Å². The van der Waals surface area contributed by atoms with Crippen LogP contribution in [-0.2, 0) is 10.1 Å². The third kappa shape index (κ3) is 3.63. The molecular formula is C6H3Cl4NaO3S. The molecule has 0 fully saturated rings. The molecule has 0 radical (unpaired) electrons. The summed E-state index contributed by atoms with van der Waals surface area (Å²) >= 11 is 22.2. The van der Waals surface area contributed by atoms with E-state index in [9.17, 15) is 8.42 Å². The van der Waals surface area contributed by atoms with E-state index < -0.39 is 15.0 Å². The van der Waals surface area contributed by atoms with Crippen molar-refractivity contribution in [2.45, 2.75) is 4.90 Å². The van der Waals surface area contributed by atoms with Crippen LogP contribution in [0.3, 0.4) is 0 Å². The second-order valence-electron chi connectivity index (χ2n) is 2.27. The molecular weight excluding hydrogens is 317 g/mol. The van der Waals surface area contributed by atoms with Crippen molar-refractivity contribution in [1.29, 1.82) is 0 Å². The molecule has 0 aliphatic rings. The van der Waals surface area contributed by atoms with Crippen molar-refractivity contribution in [2.24, 2.45) is 0 Å². The van der Waals surface area contributed by atoms with Gasteiger partial charge in [0.15, 0.2) is 0 Å². The Hall–Kier alpha value is 1.29. The Morgan fingerprint density at radius 3 is 1.67 bits per heavy atom. The summed E-state index contributed by atoms with van der Waals surface area (Å²) in [5.41, 5.74) is 0. The maximum atomic E-state index is 10.8. The Labute approximate surface area is 130 Å². The van der Waals surface area contributed by atoms with Crippen molar-refractivity contribution in [3.8, 4) is 0 Å². The molecule has 0 saturated heterocycles. The Morgan fingerprint density at radius 1 is 1.07 bits per heavy atom. The van der Waals surface area contributed by atoms with E-state index in [2.05, 4.69) is 0 Å². The molecule has 1 rings (SSSR count). The Balaban J connectivity index is 0. The molecule has 0 atom stereocenters. The first-order chi connectivity index (χ1) is 6.25. The predicted octanol–water partition coefficient (Wildman–Crippen LogP) is 0.663. The molecule has 0 heterocycles. The fourth-order valence-corrected chi connectivity index (χ4v) is 2.96. The van der Waals surface area contributed by atoms with E-state index in [4.69, 9.17) is 51.0 Å². The number of rotatable bonds is 1. The Kier molecular flexibility index (Phi) is 6.25. The van der Waals surface area contributed by atoms with Crippen LogP contribution in [0.2, 0.25) is 20.1 Å². The zero-order valence-electron chi connectivity index (χ0n) is 8.26. The van der Waals surface area contributed by atoms with Gasteiger partial charge in [-0.25, -0.2) is 0 Å². The zero-order chi connectivity index (χ0) is 11.1. The van der Waals surface area contributed by atoms with Gasteiger partial charge in [-0.15, -0.1) is 0 Å². The monoisotopic (exact) mass is 318 g/mol. The first kappa shape index (κ1) is 16.3. The van der Waals surface area contributed by atoms with Crippen molar-refractivity contribution in [2.75, 3.05) is 0 Å². The summed E-state index contributed by atoms with van der Waals surface area (Å²) in [6.07, 6.45) is 0. The Bertz CT molecular complexity index is 467. The molecule has 0 spiro atoms. The minimum atomic E-state index is -4.54. The van der Waals surface area contributed by atoms with E-state index >= 15 is 0 Å². The fourth-order valence-electron chi connectivity index (χ4n) is 0.778. The van der Waals surface area contributed by atoms with Gasteiger partial charge in [-0.1, -0.05) is 46.4 Å². The Morgan fingerprint density at radius 2 is 1.40 bits per heavy atom. The van der Waals surface area contributed by atoms with Crippen molar-refractivity contribution in [3.05, 3.63) is 26.2 Å². The largest absolute Gasteiger partial charge is 1.00 e. The summed E-state index contributed by atoms with van der Waals surface area (Å²) in [7, 11) is -4.54. The smallest absolute Gasteiger partial charge is 1.00 e. The molecule has 0 aliphatic heterocycles. The standard InChI is InChI=1S/C6H2Cl4O3S.Na.H/c7-2-1-3(8)5(10)6(4(2)9)14(11,12)13;;/h1H,(H,11,12,13);;/q;+1;-1. The van der Waals surface area contributed by atoms with Gasteiger partial charge in [-0.3, -0.25) is 4.55 Å². The minimum absolute atomic E-state index is 0. The van der Waals surface area contributed by atoms with Crippen molar-refractivity contribution >= 4 is 56.5 Å². The van der Waals surface area contributed by atoms with E-state index in [1.54, 1.807) is 0 Å². The van der Waals surface area contributed by atoms with Crippen LogP contribution in [0.15, 0.2) is 11.0 Å². The van der Waals surface area contributed by atoms with Crippen LogP contribution in [-0.4, -0.2) is 13.0 Å². The molecule has 80 valence electrons. The second kappa shape index (κ2) is 5.76. The molecule has 0 amide bonds. The maximum Gasteiger partial charge on any atom is 1.00 e. The molecule has 1 aromatic rings. The molecule has 0 aromatic heterocycles.